The van der Waals surface area contributed by atoms with Gasteiger partial charge in [-0.3, -0.25) is 9.59 Å². The third-order valence-corrected chi connectivity index (χ3v) is 5.71. The molecule has 9 heteroatoms. The Kier molecular flexibility index (Phi) is 5.65. The second kappa shape index (κ2) is 7.28. The number of rotatable bonds is 7. The number of hydrogen-bond acceptors (Lipinski definition) is 7. The summed E-state index contributed by atoms with van der Waals surface area (Å²) in [7, 11) is 0. The second-order valence-corrected chi connectivity index (χ2v) is 7.95. The van der Waals surface area contributed by atoms with Gasteiger partial charge in [0.05, 0.1) is 11.4 Å². The first-order chi connectivity index (χ1) is 9.95. The van der Waals surface area contributed by atoms with E-state index >= 15 is 0 Å². The van der Waals surface area contributed by atoms with Gasteiger partial charge in [-0.15, -0.1) is 16.9 Å². The van der Waals surface area contributed by atoms with Gasteiger partial charge >= 0.3 is 5.97 Å². The zero-order chi connectivity index (χ0) is 15.4. The molecule has 0 saturated heterocycles. The van der Waals surface area contributed by atoms with Crippen LogP contribution in [0.2, 0.25) is 0 Å². The smallest absolute Gasteiger partial charge is 0.313 e. The summed E-state index contributed by atoms with van der Waals surface area (Å²) in [6.45, 7) is 4.26. The number of carboxylic acid groups (broad SMARTS) is 1. The number of carbonyl (C=O) groups is 1. The van der Waals surface area contributed by atoms with Crippen molar-refractivity contribution < 1.29 is 9.90 Å². The van der Waals surface area contributed by atoms with E-state index in [0.29, 0.717) is 22.3 Å². The van der Waals surface area contributed by atoms with Gasteiger partial charge in [-0.25, -0.2) is 4.98 Å². The first kappa shape index (κ1) is 16.3. The molecule has 2 heterocycles. The predicted octanol–water partition coefficient (Wildman–Crippen LogP) is 2.22. The van der Waals surface area contributed by atoms with Crippen molar-refractivity contribution in [2.24, 2.45) is 5.92 Å². The van der Waals surface area contributed by atoms with Crippen LogP contribution >= 0.6 is 34.9 Å². The van der Waals surface area contributed by atoms with E-state index in [0.717, 1.165) is 10.1 Å². The van der Waals surface area contributed by atoms with Crippen LogP contribution < -0.4 is 5.56 Å². The van der Waals surface area contributed by atoms with E-state index in [1.165, 1.54) is 33.7 Å². The van der Waals surface area contributed by atoms with E-state index in [1.54, 1.807) is 11.8 Å². The summed E-state index contributed by atoms with van der Waals surface area (Å²) < 4.78 is 2.13. The summed E-state index contributed by atoms with van der Waals surface area (Å²) in [5, 5.41) is 12.9. The van der Waals surface area contributed by atoms with Crippen molar-refractivity contribution in [1.29, 1.82) is 0 Å². The van der Waals surface area contributed by atoms with Gasteiger partial charge in [0.1, 0.15) is 0 Å². The van der Waals surface area contributed by atoms with Crippen LogP contribution in [-0.2, 0) is 10.5 Å². The fraction of sp³-hybridized carbons (Fsp3) is 0.500. The molecule has 0 radical (unpaired) electrons. The predicted molar refractivity (Wildman–Crippen MR) is 86.5 cm³/mol. The van der Waals surface area contributed by atoms with Gasteiger partial charge in [-0.2, -0.15) is 4.52 Å². The second-order valence-electron chi connectivity index (χ2n) is 4.74. The number of fused-ring (bicyclic) bond motifs is 1. The van der Waals surface area contributed by atoms with Crippen LogP contribution in [-0.4, -0.2) is 37.2 Å². The molecule has 0 aliphatic heterocycles. The molecule has 0 unspecified atom stereocenters. The summed E-state index contributed by atoms with van der Waals surface area (Å²) >= 11 is 4.22. The van der Waals surface area contributed by atoms with Gasteiger partial charge in [0.15, 0.2) is 4.34 Å². The summed E-state index contributed by atoms with van der Waals surface area (Å²) in [5.41, 5.74) is 0.369. The molecule has 0 fully saturated rings. The molecule has 0 aromatic carbocycles. The Labute approximate surface area is 134 Å². The molecule has 0 saturated carbocycles. The maximum Gasteiger partial charge on any atom is 0.313 e. The normalized spacial score (nSPS) is 11.4. The van der Waals surface area contributed by atoms with Crippen LogP contribution in [0, 0.1) is 5.92 Å². The lowest BCUT2D eigenvalue weighted by atomic mass is 10.3. The molecule has 0 aliphatic carbocycles. The van der Waals surface area contributed by atoms with Crippen molar-refractivity contribution in [2.45, 2.75) is 23.9 Å². The average Bonchev–Trinajstić information content (AvgIpc) is 2.79. The lowest BCUT2D eigenvalue weighted by molar-refractivity contribution is -0.133. The molecule has 0 bridgehead atoms. The van der Waals surface area contributed by atoms with Crippen molar-refractivity contribution >= 4 is 45.8 Å². The van der Waals surface area contributed by atoms with E-state index in [-0.39, 0.29) is 11.3 Å². The largest absolute Gasteiger partial charge is 0.481 e. The quantitative estimate of drug-likeness (QED) is 0.770. The lowest BCUT2D eigenvalue weighted by Gasteiger charge is -1.98. The van der Waals surface area contributed by atoms with Crippen molar-refractivity contribution in [3.05, 3.63) is 22.1 Å². The van der Waals surface area contributed by atoms with Crippen LogP contribution in [0.3, 0.4) is 0 Å². The molecule has 2 aromatic rings. The molecule has 2 rings (SSSR count). The number of aliphatic carboxylic acids is 1. The van der Waals surface area contributed by atoms with E-state index in [9.17, 15) is 9.59 Å². The Bertz CT molecular complexity index is 696. The molecule has 1 N–H and O–H groups in total. The Hall–Kier alpha value is -1.06. The van der Waals surface area contributed by atoms with Gasteiger partial charge in [-0.05, 0) is 5.92 Å². The highest BCUT2D eigenvalue weighted by molar-refractivity contribution is 8.01. The highest BCUT2D eigenvalue weighted by atomic mass is 32.2. The van der Waals surface area contributed by atoms with E-state index in [2.05, 4.69) is 23.9 Å². The zero-order valence-electron chi connectivity index (χ0n) is 11.6. The summed E-state index contributed by atoms with van der Waals surface area (Å²) in [4.78, 5) is 27.4. The van der Waals surface area contributed by atoms with Gasteiger partial charge in [0, 0.05) is 17.6 Å². The maximum atomic E-state index is 12.0. The standard InChI is InChI=1S/C12H15N3O3S3/c1-7(2)4-20-12-14-15-9(16)3-8(13-11(15)21-12)5-19-6-10(17)18/h3,7H,4-6H2,1-2H3,(H,17,18). The summed E-state index contributed by atoms with van der Waals surface area (Å²) in [6, 6.07) is 1.42. The highest BCUT2D eigenvalue weighted by Gasteiger charge is 2.10. The molecule has 2 aromatic heterocycles. The third kappa shape index (κ3) is 4.72. The third-order valence-electron chi connectivity index (χ3n) is 2.30. The topological polar surface area (TPSA) is 84.6 Å². The van der Waals surface area contributed by atoms with Crippen LogP contribution in [0.4, 0.5) is 0 Å². The van der Waals surface area contributed by atoms with Crippen LogP contribution in [0.1, 0.15) is 19.5 Å². The van der Waals surface area contributed by atoms with E-state index < -0.39 is 5.97 Å². The molecular weight excluding hydrogens is 330 g/mol. The first-order valence-corrected chi connectivity index (χ1v) is 9.23. The SMILES string of the molecule is CC(C)CSc1nn2c(=O)cc(CSCC(=O)O)nc2s1. The molecule has 21 heavy (non-hydrogen) atoms. The Morgan fingerprint density at radius 2 is 2.29 bits per heavy atom. The Morgan fingerprint density at radius 3 is 2.95 bits per heavy atom. The van der Waals surface area contributed by atoms with Gasteiger partial charge < -0.3 is 5.11 Å². The number of aromatic nitrogens is 3. The minimum atomic E-state index is -0.872. The van der Waals surface area contributed by atoms with Gasteiger partial charge in [0.2, 0.25) is 4.96 Å². The minimum absolute atomic E-state index is 0.000763. The fourth-order valence-corrected chi connectivity index (χ4v) is 4.02. The number of nitrogens with zero attached hydrogens (tertiary/aromatic N) is 3. The van der Waals surface area contributed by atoms with E-state index in [4.69, 9.17) is 5.11 Å². The molecule has 0 amide bonds. The van der Waals surface area contributed by atoms with Crippen LogP contribution in [0.25, 0.3) is 4.96 Å². The molecule has 114 valence electrons. The van der Waals surface area contributed by atoms with Gasteiger partial charge in [0.25, 0.3) is 5.56 Å². The van der Waals surface area contributed by atoms with Crippen molar-refractivity contribution in [3.8, 4) is 0 Å². The van der Waals surface area contributed by atoms with E-state index in [1.807, 2.05) is 0 Å². The van der Waals surface area contributed by atoms with Crippen molar-refractivity contribution in [1.82, 2.24) is 14.6 Å². The minimum Gasteiger partial charge on any atom is -0.481 e. The zero-order valence-corrected chi connectivity index (χ0v) is 14.1. The number of hydrogen-bond donors (Lipinski definition) is 1. The molecule has 0 aliphatic rings. The summed E-state index contributed by atoms with van der Waals surface area (Å²) in [6.07, 6.45) is 0. The first-order valence-electron chi connectivity index (χ1n) is 6.28. The van der Waals surface area contributed by atoms with Crippen molar-refractivity contribution in [2.75, 3.05) is 11.5 Å². The molecule has 6 nitrogen and oxygen atoms in total. The number of thioether (sulfide) groups is 2. The highest BCUT2D eigenvalue weighted by Crippen LogP contribution is 2.25. The molecule has 0 spiro atoms. The van der Waals surface area contributed by atoms with Crippen molar-refractivity contribution in [3.63, 3.8) is 0 Å². The monoisotopic (exact) mass is 345 g/mol. The molecular formula is C12H15N3O3S3. The maximum absolute atomic E-state index is 12.0. The van der Waals surface area contributed by atoms with Gasteiger partial charge in [-0.1, -0.05) is 36.9 Å². The van der Waals surface area contributed by atoms with Crippen LogP contribution in [0.5, 0.6) is 0 Å². The molecule has 0 atom stereocenters. The Balaban J connectivity index is 2.16. The van der Waals surface area contributed by atoms with Crippen LogP contribution in [0.15, 0.2) is 15.2 Å². The average molecular weight is 345 g/mol. The lowest BCUT2D eigenvalue weighted by Crippen LogP contribution is -2.15. The Morgan fingerprint density at radius 1 is 1.52 bits per heavy atom. The number of carboxylic acids is 1. The summed E-state index contributed by atoms with van der Waals surface area (Å²) in [5.74, 6) is 1.03. The fourth-order valence-electron chi connectivity index (χ4n) is 1.45.